The molecule has 0 aliphatic heterocycles. The molecule has 4 nitrogen and oxygen atoms in total. The number of amides is 1. The Kier molecular flexibility index (Phi) is 6.81. The topological polar surface area (TPSA) is 51.5 Å². The normalized spacial score (nSPS) is 10.7. The third kappa shape index (κ3) is 5.53. The van der Waals surface area contributed by atoms with Gasteiger partial charge in [-0.15, -0.1) is 0 Å². The van der Waals surface area contributed by atoms with Gasteiger partial charge in [0.2, 0.25) is 5.91 Å². The molecular formula is C18H22FNO3. The lowest BCUT2D eigenvalue weighted by Gasteiger charge is -2.04. The third-order valence-electron chi connectivity index (χ3n) is 3.39. The van der Waals surface area contributed by atoms with Crippen LogP contribution in [0.4, 0.5) is 4.39 Å². The van der Waals surface area contributed by atoms with Crippen LogP contribution in [0, 0.1) is 5.82 Å². The van der Waals surface area contributed by atoms with Gasteiger partial charge in [0.1, 0.15) is 17.3 Å². The molecule has 0 bridgehead atoms. The van der Waals surface area contributed by atoms with Gasteiger partial charge in [-0.3, -0.25) is 4.79 Å². The third-order valence-corrected chi connectivity index (χ3v) is 3.39. The zero-order chi connectivity index (χ0) is 16.5. The van der Waals surface area contributed by atoms with Crippen LogP contribution in [0.25, 0.3) is 11.3 Å². The van der Waals surface area contributed by atoms with E-state index < -0.39 is 0 Å². The summed E-state index contributed by atoms with van der Waals surface area (Å²) in [5.74, 6) is 0.814. The number of furan rings is 1. The Morgan fingerprint density at radius 2 is 2.09 bits per heavy atom. The number of hydrogen-bond acceptors (Lipinski definition) is 3. The van der Waals surface area contributed by atoms with E-state index in [0.29, 0.717) is 49.7 Å². The fourth-order valence-electron chi connectivity index (χ4n) is 2.19. The zero-order valence-corrected chi connectivity index (χ0v) is 13.3. The van der Waals surface area contributed by atoms with Gasteiger partial charge in [-0.2, -0.15) is 0 Å². The van der Waals surface area contributed by atoms with Crippen molar-refractivity contribution in [2.24, 2.45) is 0 Å². The number of halogens is 1. The van der Waals surface area contributed by atoms with E-state index in [1.54, 1.807) is 30.3 Å². The fourth-order valence-corrected chi connectivity index (χ4v) is 2.19. The van der Waals surface area contributed by atoms with Gasteiger partial charge in [0.25, 0.3) is 0 Å². The largest absolute Gasteiger partial charge is 0.461 e. The van der Waals surface area contributed by atoms with Crippen LogP contribution in [0.5, 0.6) is 0 Å². The Hall–Kier alpha value is -2.14. The Balaban J connectivity index is 1.77. The van der Waals surface area contributed by atoms with Gasteiger partial charge in [0.05, 0.1) is 5.56 Å². The summed E-state index contributed by atoms with van der Waals surface area (Å²) in [7, 11) is 0. The lowest BCUT2D eigenvalue weighted by molar-refractivity contribution is -0.121. The minimum atomic E-state index is -0.319. The maximum absolute atomic E-state index is 13.7. The molecule has 0 saturated carbocycles. The lowest BCUT2D eigenvalue weighted by atomic mass is 10.1. The van der Waals surface area contributed by atoms with Crippen molar-refractivity contribution < 1.29 is 18.3 Å². The van der Waals surface area contributed by atoms with Crippen molar-refractivity contribution in [3.05, 3.63) is 48.0 Å². The number of nitrogens with one attached hydrogen (secondary N) is 1. The summed E-state index contributed by atoms with van der Waals surface area (Å²) < 4.78 is 24.5. The Bertz CT molecular complexity index is 624. The van der Waals surface area contributed by atoms with Crippen LogP contribution in [0.1, 0.15) is 25.5 Å². The van der Waals surface area contributed by atoms with E-state index in [-0.39, 0.29) is 11.7 Å². The molecule has 124 valence electrons. The van der Waals surface area contributed by atoms with E-state index in [2.05, 4.69) is 5.32 Å². The SMILES string of the molecule is CCOCCCNC(=O)CCc1ccc(-c2ccccc2F)o1. The molecule has 0 saturated heterocycles. The van der Waals surface area contributed by atoms with Gasteiger partial charge in [-0.1, -0.05) is 12.1 Å². The fraction of sp³-hybridized carbons (Fsp3) is 0.389. The highest BCUT2D eigenvalue weighted by molar-refractivity contribution is 5.76. The average molecular weight is 319 g/mol. The minimum absolute atomic E-state index is 0.0228. The van der Waals surface area contributed by atoms with Gasteiger partial charge in [-0.05, 0) is 37.6 Å². The molecule has 0 unspecified atom stereocenters. The maximum Gasteiger partial charge on any atom is 0.220 e. The highest BCUT2D eigenvalue weighted by Gasteiger charge is 2.10. The first-order valence-corrected chi connectivity index (χ1v) is 7.88. The second-order valence-corrected chi connectivity index (χ2v) is 5.15. The molecule has 1 N–H and O–H groups in total. The summed E-state index contributed by atoms with van der Waals surface area (Å²) in [5, 5.41) is 2.84. The van der Waals surface area contributed by atoms with Crippen molar-refractivity contribution in [3.63, 3.8) is 0 Å². The maximum atomic E-state index is 13.7. The monoisotopic (exact) mass is 319 g/mol. The van der Waals surface area contributed by atoms with Gasteiger partial charge >= 0.3 is 0 Å². The highest BCUT2D eigenvalue weighted by atomic mass is 19.1. The standard InChI is InChI=1S/C18H22FNO3/c1-2-22-13-5-12-20-18(21)11-9-14-8-10-17(23-14)15-6-3-4-7-16(15)19/h3-4,6-8,10H,2,5,9,11-13H2,1H3,(H,20,21). The first-order valence-electron chi connectivity index (χ1n) is 7.88. The molecule has 5 heteroatoms. The number of carbonyl (C=O) groups is 1. The number of aryl methyl sites for hydroxylation is 1. The summed E-state index contributed by atoms with van der Waals surface area (Å²) in [6, 6.07) is 9.98. The zero-order valence-electron chi connectivity index (χ0n) is 13.3. The van der Waals surface area contributed by atoms with E-state index in [1.807, 2.05) is 6.92 Å². The summed E-state index contributed by atoms with van der Waals surface area (Å²) in [5.41, 5.74) is 0.430. The highest BCUT2D eigenvalue weighted by Crippen LogP contribution is 2.25. The van der Waals surface area contributed by atoms with Crippen molar-refractivity contribution in [1.82, 2.24) is 5.32 Å². The molecule has 1 aromatic heterocycles. The molecule has 0 spiro atoms. The minimum Gasteiger partial charge on any atom is -0.461 e. The van der Waals surface area contributed by atoms with Gasteiger partial charge in [0.15, 0.2) is 0 Å². The lowest BCUT2D eigenvalue weighted by Crippen LogP contribution is -2.25. The quantitative estimate of drug-likeness (QED) is 0.719. The van der Waals surface area contributed by atoms with Crippen LogP contribution in [0.2, 0.25) is 0 Å². The van der Waals surface area contributed by atoms with E-state index in [0.717, 1.165) is 6.42 Å². The molecule has 2 aromatic rings. The van der Waals surface area contributed by atoms with Gasteiger partial charge < -0.3 is 14.5 Å². The number of benzene rings is 1. The second kappa shape index (κ2) is 9.10. The van der Waals surface area contributed by atoms with Crippen molar-refractivity contribution in [2.45, 2.75) is 26.2 Å². The average Bonchev–Trinajstić information content (AvgIpc) is 3.02. The number of rotatable bonds is 9. The molecule has 1 heterocycles. The van der Waals surface area contributed by atoms with Crippen LogP contribution < -0.4 is 5.32 Å². The van der Waals surface area contributed by atoms with Crippen LogP contribution in [-0.4, -0.2) is 25.7 Å². The van der Waals surface area contributed by atoms with Crippen molar-refractivity contribution in [2.75, 3.05) is 19.8 Å². The molecule has 2 rings (SSSR count). The first-order chi connectivity index (χ1) is 11.2. The Morgan fingerprint density at radius 3 is 2.87 bits per heavy atom. The number of hydrogen-bond donors (Lipinski definition) is 1. The summed E-state index contributed by atoms with van der Waals surface area (Å²) in [6.07, 6.45) is 1.64. The van der Waals surface area contributed by atoms with Gasteiger partial charge in [0, 0.05) is 32.6 Å². The molecule has 0 radical (unpaired) electrons. The predicted octanol–water partition coefficient (Wildman–Crippen LogP) is 3.56. The molecular weight excluding hydrogens is 297 g/mol. The second-order valence-electron chi connectivity index (χ2n) is 5.15. The molecule has 1 aromatic carbocycles. The van der Waals surface area contributed by atoms with E-state index in [4.69, 9.17) is 9.15 Å². The Labute approximate surface area is 135 Å². The van der Waals surface area contributed by atoms with E-state index in [9.17, 15) is 9.18 Å². The first kappa shape index (κ1) is 17.2. The molecule has 0 aliphatic rings. The molecule has 1 amide bonds. The van der Waals surface area contributed by atoms with Crippen LogP contribution in [-0.2, 0) is 16.0 Å². The summed E-state index contributed by atoms with van der Waals surface area (Å²) in [6.45, 7) is 3.90. The van der Waals surface area contributed by atoms with Crippen LogP contribution in [0.15, 0.2) is 40.8 Å². The molecule has 0 atom stereocenters. The van der Waals surface area contributed by atoms with Crippen molar-refractivity contribution in [3.8, 4) is 11.3 Å². The smallest absolute Gasteiger partial charge is 0.220 e. The van der Waals surface area contributed by atoms with Gasteiger partial charge in [-0.25, -0.2) is 4.39 Å². The molecule has 23 heavy (non-hydrogen) atoms. The number of carbonyl (C=O) groups excluding carboxylic acids is 1. The predicted molar refractivity (Wildman–Crippen MR) is 86.5 cm³/mol. The van der Waals surface area contributed by atoms with Crippen molar-refractivity contribution >= 4 is 5.91 Å². The number of ether oxygens (including phenoxy) is 1. The molecule has 0 aliphatic carbocycles. The summed E-state index contributed by atoms with van der Waals surface area (Å²) >= 11 is 0. The van der Waals surface area contributed by atoms with Crippen LogP contribution in [0.3, 0.4) is 0 Å². The van der Waals surface area contributed by atoms with E-state index >= 15 is 0 Å². The van der Waals surface area contributed by atoms with E-state index in [1.165, 1.54) is 6.07 Å². The molecule has 0 fully saturated rings. The summed E-state index contributed by atoms with van der Waals surface area (Å²) in [4.78, 5) is 11.7. The Morgan fingerprint density at radius 1 is 1.26 bits per heavy atom. The van der Waals surface area contributed by atoms with Crippen LogP contribution >= 0.6 is 0 Å². The van der Waals surface area contributed by atoms with Crippen molar-refractivity contribution in [1.29, 1.82) is 0 Å².